The molecule has 0 aliphatic carbocycles. The Labute approximate surface area is 168 Å². The smallest absolute Gasteiger partial charge is 0.235 e. The molecule has 6 heteroatoms. The molecule has 0 unspecified atom stereocenters. The largest absolute Gasteiger partial charge is 0.457 e. The number of ether oxygens (including phenoxy) is 2. The van der Waals surface area contributed by atoms with Crippen molar-refractivity contribution in [2.24, 2.45) is 12.2 Å². The van der Waals surface area contributed by atoms with Crippen molar-refractivity contribution in [1.82, 2.24) is 9.55 Å². The van der Waals surface area contributed by atoms with Crippen molar-refractivity contribution in [2.75, 3.05) is 0 Å². The summed E-state index contributed by atoms with van der Waals surface area (Å²) in [5, 5.41) is 5.12. The fourth-order valence-electron chi connectivity index (χ4n) is 3.30. The minimum Gasteiger partial charge on any atom is -0.457 e. The van der Waals surface area contributed by atoms with E-state index >= 15 is 0 Å². The van der Waals surface area contributed by atoms with Crippen LogP contribution >= 0.6 is 0 Å². The van der Waals surface area contributed by atoms with Gasteiger partial charge in [0.2, 0.25) is 5.90 Å². The molecule has 0 N–H and O–H groups in total. The van der Waals surface area contributed by atoms with Crippen molar-refractivity contribution in [1.29, 1.82) is 0 Å². The first-order valence-corrected chi connectivity index (χ1v) is 9.39. The Balaban J connectivity index is 1.22. The van der Waals surface area contributed by atoms with Gasteiger partial charge in [-0.25, -0.2) is 4.98 Å². The Morgan fingerprint density at radius 2 is 1.72 bits per heavy atom. The molecular weight excluding hydrogens is 366 g/mol. The van der Waals surface area contributed by atoms with E-state index in [1.807, 2.05) is 84.5 Å². The van der Waals surface area contributed by atoms with Crippen LogP contribution in [0.4, 0.5) is 0 Å². The number of aryl methyl sites for hydroxylation is 1. The highest BCUT2D eigenvalue weighted by Gasteiger charge is 2.24. The van der Waals surface area contributed by atoms with Crippen molar-refractivity contribution >= 4 is 16.9 Å². The maximum absolute atomic E-state index is 5.88. The van der Waals surface area contributed by atoms with E-state index in [2.05, 4.69) is 10.1 Å². The minimum atomic E-state index is -0.177. The number of fused-ring (bicyclic) bond motifs is 1. The number of nitrogens with zero attached hydrogens (tertiary/aromatic N) is 3. The number of benzene rings is 2. The summed E-state index contributed by atoms with van der Waals surface area (Å²) in [6.45, 7) is 0. The third-order valence-corrected chi connectivity index (χ3v) is 4.79. The third-order valence-electron chi connectivity index (χ3n) is 4.79. The second kappa shape index (κ2) is 7.31. The van der Waals surface area contributed by atoms with E-state index < -0.39 is 0 Å². The summed E-state index contributed by atoms with van der Waals surface area (Å²) in [6.07, 6.45) is 4.06. The molecular formula is C23H19N3O3. The third kappa shape index (κ3) is 3.65. The highest BCUT2D eigenvalue weighted by molar-refractivity contribution is 5.82. The predicted molar refractivity (Wildman–Crippen MR) is 110 cm³/mol. The molecule has 4 aromatic rings. The summed E-state index contributed by atoms with van der Waals surface area (Å²) < 4.78 is 13.7. The number of aromatic nitrogens is 2. The van der Waals surface area contributed by atoms with E-state index in [0.29, 0.717) is 18.1 Å². The van der Waals surface area contributed by atoms with Crippen molar-refractivity contribution in [3.63, 3.8) is 0 Å². The maximum Gasteiger partial charge on any atom is 0.235 e. The second-order valence-electron chi connectivity index (χ2n) is 6.88. The Bertz CT molecular complexity index is 1170. The summed E-state index contributed by atoms with van der Waals surface area (Å²) >= 11 is 0. The first kappa shape index (κ1) is 17.3. The quantitative estimate of drug-likeness (QED) is 0.483. The van der Waals surface area contributed by atoms with Crippen LogP contribution < -0.4 is 9.47 Å². The maximum atomic E-state index is 5.88. The van der Waals surface area contributed by atoms with Gasteiger partial charge in [-0.3, -0.25) is 0 Å². The molecule has 144 valence electrons. The Kier molecular flexibility index (Phi) is 4.37. The molecule has 0 spiro atoms. The van der Waals surface area contributed by atoms with Gasteiger partial charge in [-0.05, 0) is 42.0 Å². The standard InChI is InChI=1S/C23H19N3O3/c1-26-12-11-17-13-20(15-24-23(17)26)28-22-14-21(29-25-22)16-7-9-19(10-8-16)27-18-5-3-2-4-6-18/h2-13,15,21H,14H2,1H3/t21-/m0/s1. The molecule has 0 fully saturated rings. The van der Waals surface area contributed by atoms with Gasteiger partial charge in [-0.15, -0.1) is 0 Å². The lowest BCUT2D eigenvalue weighted by molar-refractivity contribution is 0.0855. The van der Waals surface area contributed by atoms with Crippen molar-refractivity contribution in [2.45, 2.75) is 12.5 Å². The fourth-order valence-corrected chi connectivity index (χ4v) is 3.30. The van der Waals surface area contributed by atoms with E-state index in [-0.39, 0.29) is 6.10 Å². The minimum absolute atomic E-state index is 0.177. The van der Waals surface area contributed by atoms with Crippen LogP contribution in [-0.4, -0.2) is 15.4 Å². The zero-order valence-electron chi connectivity index (χ0n) is 15.9. The van der Waals surface area contributed by atoms with Gasteiger partial charge in [0.1, 0.15) is 22.9 Å². The summed E-state index contributed by atoms with van der Waals surface area (Å²) in [6, 6.07) is 21.5. The van der Waals surface area contributed by atoms with Crippen LogP contribution in [0, 0.1) is 0 Å². The fraction of sp³-hybridized carbons (Fsp3) is 0.130. The van der Waals surface area contributed by atoms with E-state index in [9.17, 15) is 0 Å². The summed E-state index contributed by atoms with van der Waals surface area (Å²) in [4.78, 5) is 10.0. The van der Waals surface area contributed by atoms with Gasteiger partial charge in [0.05, 0.1) is 12.6 Å². The van der Waals surface area contributed by atoms with E-state index in [4.69, 9.17) is 14.3 Å². The van der Waals surface area contributed by atoms with Gasteiger partial charge < -0.3 is 18.9 Å². The molecule has 0 saturated heterocycles. The van der Waals surface area contributed by atoms with Crippen molar-refractivity contribution in [3.05, 3.63) is 84.7 Å². The van der Waals surface area contributed by atoms with Gasteiger partial charge in [0, 0.05) is 18.6 Å². The first-order valence-electron chi connectivity index (χ1n) is 9.39. The van der Waals surface area contributed by atoms with Gasteiger partial charge in [0.15, 0.2) is 6.10 Å². The SMILES string of the molecule is Cn1ccc2cc(OC3=NO[C@H](c4ccc(Oc5ccccc5)cc4)C3)cnc21. The zero-order valence-corrected chi connectivity index (χ0v) is 15.9. The average Bonchev–Trinajstić information content (AvgIpc) is 3.36. The van der Waals surface area contributed by atoms with Crippen LogP contribution in [0.5, 0.6) is 17.2 Å². The van der Waals surface area contributed by atoms with Crippen LogP contribution in [0.15, 0.2) is 84.3 Å². The summed E-state index contributed by atoms with van der Waals surface area (Å²) in [5.41, 5.74) is 1.93. The predicted octanol–water partition coefficient (Wildman–Crippen LogP) is 5.22. The first-order chi connectivity index (χ1) is 14.2. The highest BCUT2D eigenvalue weighted by Crippen LogP contribution is 2.31. The summed E-state index contributed by atoms with van der Waals surface area (Å²) in [5.74, 6) is 2.77. The molecule has 2 aromatic carbocycles. The molecule has 5 rings (SSSR count). The molecule has 0 saturated carbocycles. The Hall–Kier alpha value is -3.80. The number of rotatable bonds is 4. The van der Waals surface area contributed by atoms with Crippen molar-refractivity contribution < 1.29 is 14.3 Å². The molecule has 1 aliphatic rings. The second-order valence-corrected chi connectivity index (χ2v) is 6.88. The zero-order chi connectivity index (χ0) is 19.6. The van der Waals surface area contributed by atoms with E-state index in [1.54, 1.807) is 6.20 Å². The average molecular weight is 385 g/mol. The highest BCUT2D eigenvalue weighted by atomic mass is 16.7. The topological polar surface area (TPSA) is 57.9 Å². The van der Waals surface area contributed by atoms with Crippen LogP contribution in [-0.2, 0) is 11.9 Å². The molecule has 6 nitrogen and oxygen atoms in total. The number of para-hydroxylation sites is 1. The Morgan fingerprint density at radius 3 is 2.55 bits per heavy atom. The molecule has 3 heterocycles. The molecule has 1 aliphatic heterocycles. The van der Waals surface area contributed by atoms with Gasteiger partial charge in [-0.1, -0.05) is 35.5 Å². The number of oxime groups is 1. The van der Waals surface area contributed by atoms with E-state index in [0.717, 1.165) is 28.1 Å². The monoisotopic (exact) mass is 385 g/mol. The van der Waals surface area contributed by atoms with Crippen LogP contribution in [0.1, 0.15) is 18.1 Å². The molecule has 0 bridgehead atoms. The lowest BCUT2D eigenvalue weighted by atomic mass is 10.1. The van der Waals surface area contributed by atoms with Gasteiger partial charge in [-0.2, -0.15) is 0 Å². The molecule has 29 heavy (non-hydrogen) atoms. The molecule has 1 atom stereocenters. The van der Waals surface area contributed by atoms with Crippen LogP contribution in [0.2, 0.25) is 0 Å². The number of hydrogen-bond acceptors (Lipinski definition) is 5. The number of hydrogen-bond donors (Lipinski definition) is 0. The lowest BCUT2D eigenvalue weighted by Crippen LogP contribution is -2.07. The van der Waals surface area contributed by atoms with Crippen molar-refractivity contribution in [3.8, 4) is 17.2 Å². The van der Waals surface area contributed by atoms with Crippen LogP contribution in [0.25, 0.3) is 11.0 Å². The number of pyridine rings is 1. The lowest BCUT2D eigenvalue weighted by Gasteiger charge is -2.10. The van der Waals surface area contributed by atoms with Crippen LogP contribution in [0.3, 0.4) is 0 Å². The summed E-state index contributed by atoms with van der Waals surface area (Å²) in [7, 11) is 1.96. The van der Waals surface area contributed by atoms with Gasteiger partial charge >= 0.3 is 0 Å². The molecule has 0 amide bonds. The van der Waals surface area contributed by atoms with Gasteiger partial charge in [0.25, 0.3) is 0 Å². The Morgan fingerprint density at radius 1 is 0.931 bits per heavy atom. The molecule has 0 radical (unpaired) electrons. The van der Waals surface area contributed by atoms with E-state index in [1.165, 1.54) is 0 Å². The molecule has 2 aromatic heterocycles. The normalized spacial score (nSPS) is 15.8.